The second kappa shape index (κ2) is 13.3. The van der Waals surface area contributed by atoms with E-state index in [4.69, 9.17) is 4.74 Å². The Bertz CT molecular complexity index is 1020. The summed E-state index contributed by atoms with van der Waals surface area (Å²) in [5.41, 5.74) is 0.983. The summed E-state index contributed by atoms with van der Waals surface area (Å²) in [5.74, 6) is -2.39. The van der Waals surface area contributed by atoms with E-state index in [2.05, 4.69) is 16.0 Å². The number of aryl methyl sites for hydroxylation is 1. The molecule has 0 aromatic heterocycles. The highest BCUT2D eigenvalue weighted by molar-refractivity contribution is 5.92. The normalized spacial score (nSPS) is 13.6. The van der Waals surface area contributed by atoms with Crippen LogP contribution in [0.4, 0.5) is 4.79 Å². The molecular formula is C27H35N3O6. The number of hydrogen-bond donors (Lipinski definition) is 4. The summed E-state index contributed by atoms with van der Waals surface area (Å²) in [5, 5.41) is 17.3. The van der Waals surface area contributed by atoms with E-state index in [9.17, 15) is 24.3 Å². The number of ether oxygens (including phenoxy) is 1. The van der Waals surface area contributed by atoms with Crippen LogP contribution >= 0.6 is 0 Å². The number of aliphatic carboxylic acids is 1. The second-order valence-corrected chi connectivity index (χ2v) is 9.54. The first kappa shape index (κ1) is 28.4. The van der Waals surface area contributed by atoms with Gasteiger partial charge in [0.15, 0.2) is 0 Å². The highest BCUT2D eigenvalue weighted by Gasteiger charge is 2.29. The first-order valence-corrected chi connectivity index (χ1v) is 11.9. The number of carboxylic acid groups (broad SMARTS) is 1. The highest BCUT2D eigenvalue weighted by Crippen LogP contribution is 2.09. The van der Waals surface area contributed by atoms with Gasteiger partial charge in [0.1, 0.15) is 23.7 Å². The van der Waals surface area contributed by atoms with Gasteiger partial charge in [-0.3, -0.25) is 9.59 Å². The van der Waals surface area contributed by atoms with E-state index in [-0.39, 0.29) is 12.8 Å². The number of benzene rings is 2. The van der Waals surface area contributed by atoms with E-state index in [1.54, 1.807) is 45.0 Å². The molecule has 0 saturated heterocycles. The van der Waals surface area contributed by atoms with Gasteiger partial charge in [0.25, 0.3) is 0 Å². The van der Waals surface area contributed by atoms with Gasteiger partial charge < -0.3 is 25.8 Å². The fourth-order valence-electron chi connectivity index (χ4n) is 3.39. The van der Waals surface area contributed by atoms with Gasteiger partial charge in [0.2, 0.25) is 11.8 Å². The molecule has 0 spiro atoms. The van der Waals surface area contributed by atoms with Crippen molar-refractivity contribution in [3.63, 3.8) is 0 Å². The molecule has 4 N–H and O–H groups in total. The fourth-order valence-corrected chi connectivity index (χ4v) is 3.39. The van der Waals surface area contributed by atoms with Crippen molar-refractivity contribution in [2.24, 2.45) is 0 Å². The van der Waals surface area contributed by atoms with Gasteiger partial charge in [-0.25, -0.2) is 9.59 Å². The predicted octanol–water partition coefficient (Wildman–Crippen LogP) is 2.83. The van der Waals surface area contributed by atoms with Gasteiger partial charge >= 0.3 is 12.1 Å². The van der Waals surface area contributed by atoms with Crippen molar-refractivity contribution in [2.75, 3.05) is 0 Å². The Morgan fingerprint density at radius 2 is 1.33 bits per heavy atom. The van der Waals surface area contributed by atoms with Crippen LogP contribution in [-0.4, -0.2) is 52.7 Å². The third-order valence-corrected chi connectivity index (χ3v) is 5.22. The average Bonchev–Trinajstić information content (AvgIpc) is 2.81. The molecule has 0 aliphatic rings. The molecule has 2 aromatic rings. The summed E-state index contributed by atoms with van der Waals surface area (Å²) in [4.78, 5) is 49.8. The number of amides is 3. The van der Waals surface area contributed by atoms with E-state index in [1.807, 2.05) is 36.4 Å². The maximum absolute atomic E-state index is 13.1. The van der Waals surface area contributed by atoms with E-state index in [1.165, 1.54) is 6.92 Å². The maximum atomic E-state index is 13.1. The average molecular weight is 498 g/mol. The molecule has 2 rings (SSSR count). The van der Waals surface area contributed by atoms with Gasteiger partial charge in [0, 0.05) is 6.42 Å². The Hall–Kier alpha value is -3.88. The number of carbonyl (C=O) groups excluding carboxylic acids is 3. The van der Waals surface area contributed by atoms with Gasteiger partial charge in [-0.2, -0.15) is 0 Å². The Morgan fingerprint density at radius 1 is 0.806 bits per heavy atom. The molecule has 2 aromatic carbocycles. The van der Waals surface area contributed by atoms with E-state index >= 15 is 0 Å². The number of rotatable bonds is 11. The molecule has 9 heteroatoms. The SMILES string of the molecule is CC(NC(=O)OC(C)(C)C)C(=O)N[C@@H](CCc1ccccc1)C(=O)N[C@@H](Cc1ccccc1)C(=O)O. The second-order valence-electron chi connectivity index (χ2n) is 9.54. The number of carboxylic acids is 1. The van der Waals surface area contributed by atoms with Gasteiger partial charge in [-0.1, -0.05) is 60.7 Å². The Labute approximate surface area is 211 Å². The standard InChI is InChI=1S/C27H35N3O6/c1-18(28-26(35)36-27(2,3)4)23(31)29-21(16-15-19-11-7-5-8-12-19)24(32)30-22(25(33)34)17-20-13-9-6-10-14-20/h5-14,18,21-22H,15-17H2,1-4H3,(H,28,35)(H,29,31)(H,30,32)(H,33,34)/t18?,21-,22-/m0/s1. The lowest BCUT2D eigenvalue weighted by Gasteiger charge is -2.24. The summed E-state index contributed by atoms with van der Waals surface area (Å²) in [6, 6.07) is 15.2. The van der Waals surface area contributed by atoms with Crippen LogP contribution in [0, 0.1) is 0 Å². The van der Waals surface area contributed by atoms with Gasteiger partial charge in [-0.15, -0.1) is 0 Å². The van der Waals surface area contributed by atoms with Crippen LogP contribution in [0.2, 0.25) is 0 Å². The minimum atomic E-state index is -1.18. The van der Waals surface area contributed by atoms with Crippen LogP contribution in [0.3, 0.4) is 0 Å². The smallest absolute Gasteiger partial charge is 0.408 e. The molecule has 3 amide bonds. The summed E-state index contributed by atoms with van der Waals surface area (Å²) < 4.78 is 5.18. The Kier molecular flexibility index (Phi) is 10.5. The minimum absolute atomic E-state index is 0.0951. The maximum Gasteiger partial charge on any atom is 0.408 e. The zero-order valence-electron chi connectivity index (χ0n) is 21.1. The van der Waals surface area contributed by atoms with Crippen LogP contribution in [0.5, 0.6) is 0 Å². The predicted molar refractivity (Wildman–Crippen MR) is 135 cm³/mol. The van der Waals surface area contributed by atoms with Crippen molar-refractivity contribution in [1.82, 2.24) is 16.0 Å². The van der Waals surface area contributed by atoms with Crippen LogP contribution < -0.4 is 16.0 Å². The summed E-state index contributed by atoms with van der Waals surface area (Å²) in [7, 11) is 0. The molecule has 0 saturated carbocycles. The molecule has 0 heterocycles. The fraction of sp³-hybridized carbons (Fsp3) is 0.407. The third kappa shape index (κ3) is 10.2. The van der Waals surface area contributed by atoms with E-state index in [0.29, 0.717) is 6.42 Å². The molecule has 194 valence electrons. The molecule has 0 radical (unpaired) electrons. The van der Waals surface area contributed by atoms with Crippen molar-refractivity contribution >= 4 is 23.9 Å². The first-order chi connectivity index (χ1) is 16.9. The first-order valence-electron chi connectivity index (χ1n) is 11.9. The molecule has 36 heavy (non-hydrogen) atoms. The van der Waals surface area contributed by atoms with Crippen molar-refractivity contribution in [2.45, 2.75) is 70.7 Å². The number of nitrogens with one attached hydrogen (secondary N) is 3. The number of alkyl carbamates (subject to hydrolysis) is 1. The zero-order chi connectivity index (χ0) is 26.7. The van der Waals surface area contributed by atoms with E-state index < -0.39 is 47.6 Å². The highest BCUT2D eigenvalue weighted by atomic mass is 16.6. The summed E-state index contributed by atoms with van der Waals surface area (Å²) in [6.45, 7) is 6.58. The molecule has 3 atom stereocenters. The van der Waals surface area contributed by atoms with Crippen LogP contribution in [0.1, 0.15) is 45.2 Å². The molecule has 0 aliphatic heterocycles. The largest absolute Gasteiger partial charge is 0.480 e. The van der Waals surface area contributed by atoms with Crippen molar-refractivity contribution in [3.05, 3.63) is 71.8 Å². The quantitative estimate of drug-likeness (QED) is 0.377. The molecular weight excluding hydrogens is 462 g/mol. The van der Waals surface area contributed by atoms with Crippen molar-refractivity contribution in [3.8, 4) is 0 Å². The summed E-state index contributed by atoms with van der Waals surface area (Å²) in [6.07, 6.45) is 0.0454. The molecule has 0 bridgehead atoms. The topological polar surface area (TPSA) is 134 Å². The van der Waals surface area contributed by atoms with Gasteiger partial charge in [-0.05, 0) is 51.7 Å². The minimum Gasteiger partial charge on any atom is -0.480 e. The lowest BCUT2D eigenvalue weighted by atomic mass is 10.0. The number of hydrogen-bond acceptors (Lipinski definition) is 5. The molecule has 0 fully saturated rings. The molecule has 1 unspecified atom stereocenters. The third-order valence-electron chi connectivity index (χ3n) is 5.22. The van der Waals surface area contributed by atoms with E-state index in [0.717, 1.165) is 11.1 Å². The van der Waals surface area contributed by atoms with Crippen molar-refractivity contribution in [1.29, 1.82) is 0 Å². The van der Waals surface area contributed by atoms with Crippen LogP contribution in [-0.2, 0) is 32.0 Å². The monoisotopic (exact) mass is 497 g/mol. The number of carbonyl (C=O) groups is 4. The van der Waals surface area contributed by atoms with Gasteiger partial charge in [0.05, 0.1) is 0 Å². The van der Waals surface area contributed by atoms with Crippen LogP contribution in [0.25, 0.3) is 0 Å². The summed E-state index contributed by atoms with van der Waals surface area (Å²) >= 11 is 0. The molecule has 0 aliphatic carbocycles. The lowest BCUT2D eigenvalue weighted by molar-refractivity contribution is -0.142. The van der Waals surface area contributed by atoms with Crippen molar-refractivity contribution < 1.29 is 29.0 Å². The van der Waals surface area contributed by atoms with Crippen LogP contribution in [0.15, 0.2) is 60.7 Å². The lowest BCUT2D eigenvalue weighted by Crippen LogP contribution is -2.55. The Balaban J connectivity index is 2.11. The Morgan fingerprint density at radius 3 is 1.86 bits per heavy atom. The zero-order valence-corrected chi connectivity index (χ0v) is 21.1. The molecule has 9 nitrogen and oxygen atoms in total.